The molecule has 18 heteroatoms. The molecule has 0 aliphatic carbocycles. The van der Waals surface area contributed by atoms with E-state index in [9.17, 15) is 46.5 Å². The van der Waals surface area contributed by atoms with Crippen molar-refractivity contribution in [2.45, 2.75) is 56.7 Å². The molecule has 7 N–H and O–H groups in total. The number of rotatable bonds is 12. The topological polar surface area (TPSA) is 193 Å². The van der Waals surface area contributed by atoms with E-state index in [1.165, 1.54) is 17.7 Å². The number of benzene rings is 4. The van der Waals surface area contributed by atoms with Crippen molar-refractivity contribution >= 4 is 22.8 Å². The molecule has 0 bridgehead atoms. The van der Waals surface area contributed by atoms with Crippen LogP contribution in [0.2, 0.25) is 0 Å². The number of aliphatic carboxylic acids is 2. The fourth-order valence-corrected chi connectivity index (χ4v) is 6.40. The number of carboxylic acid groups (broad SMARTS) is 2. The number of ether oxygens (including phenoxy) is 1. The molecule has 1 saturated heterocycles. The maximum absolute atomic E-state index is 11.7. The highest BCUT2D eigenvalue weighted by molar-refractivity contribution is 5.87. The summed E-state index contributed by atoms with van der Waals surface area (Å²) < 4.78 is 69.5. The van der Waals surface area contributed by atoms with Crippen molar-refractivity contribution in [1.82, 2.24) is 15.2 Å². The third-order valence-corrected chi connectivity index (χ3v) is 9.58. The number of hydrogen-bond donors (Lipinski definition) is 7. The van der Waals surface area contributed by atoms with Crippen molar-refractivity contribution in [3.05, 3.63) is 135 Å². The fraction of sp³-hybridized carbons (Fsp3) is 0.310. The first-order chi connectivity index (χ1) is 28.1. The number of aliphatic hydroxyl groups is 1. The normalized spacial score (nSPS) is 14.2. The molecule has 12 nitrogen and oxygen atoms in total. The van der Waals surface area contributed by atoms with Gasteiger partial charge in [0.15, 0.2) is 0 Å². The van der Waals surface area contributed by atoms with E-state index in [2.05, 4.69) is 59.4 Å². The van der Waals surface area contributed by atoms with E-state index < -0.39 is 30.4 Å². The highest BCUT2D eigenvalue weighted by Gasteiger charge is 2.48. The van der Waals surface area contributed by atoms with Crippen LogP contribution >= 0.6 is 0 Å². The highest BCUT2D eigenvalue weighted by atomic mass is 19.4. The summed E-state index contributed by atoms with van der Waals surface area (Å²) in [6, 6.07) is 30.9. The summed E-state index contributed by atoms with van der Waals surface area (Å²) in [5, 5.41) is 50.0. The van der Waals surface area contributed by atoms with Gasteiger partial charge in [-0.3, -0.25) is 9.69 Å². The average Bonchev–Trinajstić information content (AvgIpc) is 3.16. The number of carboxylic acids is 2. The number of aromatic amines is 1. The summed E-state index contributed by atoms with van der Waals surface area (Å²) >= 11 is 0. The van der Waals surface area contributed by atoms with Gasteiger partial charge in [0, 0.05) is 61.1 Å². The molecule has 1 aliphatic rings. The lowest BCUT2D eigenvalue weighted by Gasteiger charge is -2.53. The van der Waals surface area contributed by atoms with Gasteiger partial charge in [-0.25, -0.2) is 9.59 Å². The SMILES string of the molecule is CC(C)N1CC(c2ccccc2)(c2cc(CCOc3ccc(CNC[C@H](O)c4ccc(O)c5[nH]c(=O)ccc45)cc3)ccc2O)C1.O=C(O)C(F)(F)F.O=C(O)C(F)(F)F. The number of pyridine rings is 1. The number of phenols is 2. The number of carbonyl (C=O) groups is 2. The lowest BCUT2D eigenvalue weighted by Crippen LogP contribution is -2.61. The molecule has 6 rings (SSSR count). The van der Waals surface area contributed by atoms with Crippen LogP contribution in [0.1, 0.15) is 47.8 Å². The van der Waals surface area contributed by atoms with Crippen LogP contribution in [0.15, 0.2) is 102 Å². The lowest BCUT2D eigenvalue weighted by molar-refractivity contribution is -0.193. The van der Waals surface area contributed by atoms with Gasteiger partial charge < -0.3 is 40.6 Å². The summed E-state index contributed by atoms with van der Waals surface area (Å²) in [5.41, 5.74) is 4.77. The molecule has 5 aromatic rings. The average molecular weight is 848 g/mol. The van der Waals surface area contributed by atoms with Gasteiger partial charge in [0.2, 0.25) is 5.56 Å². The van der Waals surface area contributed by atoms with Gasteiger partial charge in [-0.1, -0.05) is 60.7 Å². The number of fused-ring (bicyclic) bond motifs is 1. The third-order valence-electron chi connectivity index (χ3n) is 9.58. The second-order valence-electron chi connectivity index (χ2n) is 14.1. The Morgan fingerprint density at radius 3 is 1.95 bits per heavy atom. The smallest absolute Gasteiger partial charge is 0.490 e. The van der Waals surface area contributed by atoms with Crippen molar-refractivity contribution in [2.24, 2.45) is 0 Å². The molecule has 322 valence electrons. The first-order valence-corrected chi connectivity index (χ1v) is 18.3. The molecule has 4 aromatic carbocycles. The fourth-order valence-electron chi connectivity index (χ4n) is 6.40. The predicted molar refractivity (Wildman–Crippen MR) is 208 cm³/mol. The number of aromatic nitrogens is 1. The minimum atomic E-state index is -5.08. The number of phenolic OH excluding ortho intramolecular Hbond substituents is 2. The van der Waals surface area contributed by atoms with E-state index in [1.807, 2.05) is 42.5 Å². The monoisotopic (exact) mass is 847 g/mol. The molecular formula is C42H43F6N3O9. The Labute approximate surface area is 339 Å². The van der Waals surface area contributed by atoms with Crippen LogP contribution < -0.4 is 15.6 Å². The van der Waals surface area contributed by atoms with Crippen molar-refractivity contribution in [1.29, 1.82) is 0 Å². The Morgan fingerprint density at radius 1 is 0.817 bits per heavy atom. The minimum Gasteiger partial charge on any atom is -0.508 e. The first kappa shape index (κ1) is 46.6. The van der Waals surface area contributed by atoms with Gasteiger partial charge in [-0.15, -0.1) is 0 Å². The number of likely N-dealkylation sites (tertiary alicyclic amines) is 1. The zero-order valence-corrected chi connectivity index (χ0v) is 32.2. The summed E-state index contributed by atoms with van der Waals surface area (Å²) in [4.78, 5) is 34.5. The van der Waals surface area contributed by atoms with Crippen molar-refractivity contribution in [3.8, 4) is 17.2 Å². The Bertz CT molecular complexity index is 2250. The van der Waals surface area contributed by atoms with Gasteiger partial charge in [0.25, 0.3) is 0 Å². The number of nitrogens with one attached hydrogen (secondary N) is 2. The zero-order valence-electron chi connectivity index (χ0n) is 32.2. The highest BCUT2D eigenvalue weighted by Crippen LogP contribution is 2.45. The Balaban J connectivity index is 0.000000488. The van der Waals surface area contributed by atoms with Crippen molar-refractivity contribution < 1.29 is 66.2 Å². The molecule has 1 atom stereocenters. The van der Waals surface area contributed by atoms with Crippen LogP contribution in [0.25, 0.3) is 10.9 Å². The van der Waals surface area contributed by atoms with Crippen LogP contribution in [0.4, 0.5) is 26.3 Å². The summed E-state index contributed by atoms with van der Waals surface area (Å²) in [7, 11) is 0. The zero-order chi connectivity index (χ0) is 44.4. The largest absolute Gasteiger partial charge is 0.508 e. The maximum Gasteiger partial charge on any atom is 0.490 e. The molecular weight excluding hydrogens is 804 g/mol. The number of alkyl halides is 6. The molecule has 1 fully saturated rings. The number of nitrogens with zero attached hydrogens (tertiary/aromatic N) is 1. The molecule has 0 unspecified atom stereocenters. The Hall–Kier alpha value is -6.11. The van der Waals surface area contributed by atoms with Gasteiger partial charge >= 0.3 is 24.3 Å². The van der Waals surface area contributed by atoms with Gasteiger partial charge in [-0.2, -0.15) is 26.3 Å². The van der Waals surface area contributed by atoms with Crippen molar-refractivity contribution in [2.75, 3.05) is 26.2 Å². The van der Waals surface area contributed by atoms with E-state index in [0.29, 0.717) is 54.4 Å². The minimum absolute atomic E-state index is 0.0324. The van der Waals surface area contributed by atoms with Gasteiger partial charge in [0.05, 0.1) is 18.2 Å². The Kier molecular flexibility index (Phi) is 15.3. The molecule has 1 aromatic heterocycles. The molecule has 1 aliphatic heterocycles. The third kappa shape index (κ3) is 12.2. The molecule has 2 heterocycles. The summed E-state index contributed by atoms with van der Waals surface area (Å²) in [6.07, 6.45) is -10.3. The summed E-state index contributed by atoms with van der Waals surface area (Å²) in [5.74, 6) is -4.43. The van der Waals surface area contributed by atoms with E-state index >= 15 is 0 Å². The molecule has 0 amide bonds. The maximum atomic E-state index is 11.7. The van der Waals surface area contributed by atoms with Crippen molar-refractivity contribution in [3.63, 3.8) is 0 Å². The van der Waals surface area contributed by atoms with E-state index in [0.717, 1.165) is 35.5 Å². The molecule has 60 heavy (non-hydrogen) atoms. The number of H-pyrrole nitrogens is 1. The predicted octanol–water partition coefficient (Wildman–Crippen LogP) is 6.66. The van der Waals surface area contributed by atoms with Crippen LogP contribution in [0, 0.1) is 0 Å². The number of halogens is 6. The van der Waals surface area contributed by atoms with Crippen LogP contribution in [0.3, 0.4) is 0 Å². The lowest BCUT2D eigenvalue weighted by atomic mass is 9.67. The second kappa shape index (κ2) is 19.8. The Morgan fingerprint density at radius 2 is 1.38 bits per heavy atom. The van der Waals surface area contributed by atoms with Crippen LogP contribution in [-0.4, -0.2) is 92.0 Å². The molecule has 0 radical (unpaired) electrons. The van der Waals surface area contributed by atoms with E-state index in [-0.39, 0.29) is 16.7 Å². The van der Waals surface area contributed by atoms with Gasteiger partial charge in [-0.05, 0) is 66.4 Å². The quantitative estimate of drug-likeness (QED) is 0.0665. The van der Waals surface area contributed by atoms with Gasteiger partial charge in [0.1, 0.15) is 17.2 Å². The molecule has 0 saturated carbocycles. The number of aromatic hydroxyl groups is 2. The van der Waals surface area contributed by atoms with E-state index in [1.54, 1.807) is 12.1 Å². The van der Waals surface area contributed by atoms with Crippen LogP contribution in [-0.2, 0) is 28.0 Å². The second-order valence-corrected chi connectivity index (χ2v) is 14.1. The molecule has 0 spiro atoms. The standard InChI is InChI=1S/C38H41N3O5.2C2HF3O2/c1-25(2)41-23-38(24-41,28-6-4-3-5-7-28)32-20-26(10-15-33(32)42)18-19-46-29-11-8-27(9-12-29)21-39-22-35(44)30-13-16-34(43)37-31(30)14-17-36(45)40-37;2*3-2(4,5)1(6)7/h3-17,20,25,35,39,42-44H,18-19,21-24H2,1-2H3,(H,40,45);2*(H,6,7)/t35-;;/m0../s1. The number of hydrogen-bond acceptors (Lipinski definition) is 9. The first-order valence-electron chi connectivity index (χ1n) is 18.3. The van der Waals surface area contributed by atoms with E-state index in [4.69, 9.17) is 24.5 Å². The number of aliphatic hydroxyl groups excluding tert-OH is 1. The van der Waals surface area contributed by atoms with Crippen LogP contribution in [0.5, 0.6) is 17.2 Å². The summed E-state index contributed by atoms with van der Waals surface area (Å²) in [6.45, 7) is 7.53.